The van der Waals surface area contributed by atoms with Crippen LogP contribution >= 0.6 is 0 Å². The van der Waals surface area contributed by atoms with Crippen LogP contribution in [0.3, 0.4) is 0 Å². The Bertz CT molecular complexity index is 1920. The van der Waals surface area contributed by atoms with Crippen molar-refractivity contribution >= 4 is 16.6 Å². The fourth-order valence-corrected chi connectivity index (χ4v) is 6.57. The maximum absolute atomic E-state index is 13.4. The van der Waals surface area contributed by atoms with Crippen molar-refractivity contribution in [1.82, 2.24) is 19.6 Å². The molecule has 7 rings (SSSR count). The van der Waals surface area contributed by atoms with Crippen molar-refractivity contribution in [2.75, 3.05) is 31.2 Å². The third kappa shape index (κ3) is 5.04. The fourth-order valence-electron chi connectivity index (χ4n) is 6.57. The van der Waals surface area contributed by atoms with E-state index in [1.165, 1.54) is 4.68 Å². The summed E-state index contributed by atoms with van der Waals surface area (Å²) in [6, 6.07) is 39.4. The summed E-state index contributed by atoms with van der Waals surface area (Å²) in [6.45, 7) is 6.44. The molecule has 0 radical (unpaired) electrons. The lowest BCUT2D eigenvalue weighted by Crippen LogP contribution is -2.40. The van der Waals surface area contributed by atoms with Gasteiger partial charge < -0.3 is 14.4 Å². The lowest BCUT2D eigenvalue weighted by atomic mass is 9.77. The van der Waals surface area contributed by atoms with Gasteiger partial charge in [-0.25, -0.2) is 9.36 Å². The van der Waals surface area contributed by atoms with Crippen LogP contribution in [-0.4, -0.2) is 52.0 Å². The zero-order chi connectivity index (χ0) is 31.7. The molecule has 8 nitrogen and oxygen atoms in total. The van der Waals surface area contributed by atoms with Gasteiger partial charge in [0.2, 0.25) is 0 Å². The van der Waals surface area contributed by atoms with Crippen molar-refractivity contribution in [2.45, 2.75) is 25.5 Å². The minimum absolute atomic E-state index is 0.0686. The lowest BCUT2D eigenvalue weighted by Gasteiger charge is -2.37. The van der Waals surface area contributed by atoms with E-state index in [9.17, 15) is 4.79 Å². The molecular weight excluding hydrogens is 574 g/mol. The van der Waals surface area contributed by atoms with E-state index in [1.807, 2.05) is 50.2 Å². The Morgan fingerprint density at radius 1 is 0.761 bits per heavy atom. The van der Waals surface area contributed by atoms with E-state index in [-0.39, 0.29) is 11.7 Å². The Hall–Kier alpha value is -5.21. The van der Waals surface area contributed by atoms with Gasteiger partial charge in [-0.05, 0) is 48.7 Å². The molecule has 232 valence electrons. The van der Waals surface area contributed by atoms with Crippen LogP contribution in [0.15, 0.2) is 120 Å². The summed E-state index contributed by atoms with van der Waals surface area (Å²) < 4.78 is 15.6. The first kappa shape index (κ1) is 29.5. The number of benzene rings is 4. The predicted molar refractivity (Wildman–Crippen MR) is 182 cm³/mol. The van der Waals surface area contributed by atoms with Crippen LogP contribution in [0.2, 0.25) is 0 Å². The van der Waals surface area contributed by atoms with Crippen LogP contribution in [0.5, 0.6) is 5.75 Å². The number of morpholine rings is 1. The van der Waals surface area contributed by atoms with Gasteiger partial charge in [0.05, 0.1) is 30.2 Å². The molecule has 1 aliphatic heterocycles. The Kier molecular flexibility index (Phi) is 7.88. The third-order valence-electron chi connectivity index (χ3n) is 8.56. The van der Waals surface area contributed by atoms with Gasteiger partial charge in [0.15, 0.2) is 0 Å². The average Bonchev–Trinajstić information content (AvgIpc) is 3.49. The number of anilines is 1. The molecule has 0 saturated carbocycles. The monoisotopic (exact) mass is 611 g/mol. The van der Waals surface area contributed by atoms with Gasteiger partial charge in [0.1, 0.15) is 28.4 Å². The number of aryl methyl sites for hydroxylation is 1. The summed E-state index contributed by atoms with van der Waals surface area (Å²) in [7, 11) is 1.70. The average molecular weight is 612 g/mol. The van der Waals surface area contributed by atoms with Crippen molar-refractivity contribution in [3.8, 4) is 17.1 Å². The first-order chi connectivity index (χ1) is 22.5. The molecule has 8 heteroatoms. The van der Waals surface area contributed by atoms with Crippen LogP contribution in [0.25, 0.3) is 22.3 Å². The molecule has 1 fully saturated rings. The second kappa shape index (κ2) is 12.3. The second-order valence-corrected chi connectivity index (χ2v) is 11.8. The molecule has 3 heterocycles. The summed E-state index contributed by atoms with van der Waals surface area (Å²) in [5.74, 6) is 0.709. The highest BCUT2D eigenvalue weighted by Crippen LogP contribution is 2.45. The molecule has 0 N–H and O–H groups in total. The minimum Gasteiger partial charge on any atom is -0.490 e. The molecule has 0 aliphatic carbocycles. The third-order valence-corrected chi connectivity index (χ3v) is 8.56. The zero-order valence-electron chi connectivity index (χ0n) is 26.3. The van der Waals surface area contributed by atoms with E-state index in [2.05, 4.69) is 88.4 Å². The zero-order valence-corrected chi connectivity index (χ0v) is 26.3. The van der Waals surface area contributed by atoms with E-state index in [4.69, 9.17) is 19.7 Å². The van der Waals surface area contributed by atoms with Crippen molar-refractivity contribution in [1.29, 1.82) is 0 Å². The summed E-state index contributed by atoms with van der Waals surface area (Å²) in [5.41, 5.74) is 4.86. The molecule has 1 aliphatic rings. The summed E-state index contributed by atoms with van der Waals surface area (Å²) in [4.78, 5) is 15.5. The van der Waals surface area contributed by atoms with E-state index in [0.717, 1.165) is 27.6 Å². The fraction of sp³-hybridized carbons (Fsp3) is 0.237. The Balaban J connectivity index is 1.60. The van der Waals surface area contributed by atoms with Crippen LogP contribution < -0.4 is 15.2 Å². The largest absolute Gasteiger partial charge is 0.490 e. The number of fused-ring (bicyclic) bond motifs is 1. The molecule has 2 aromatic heterocycles. The van der Waals surface area contributed by atoms with Crippen LogP contribution in [0, 0.1) is 0 Å². The van der Waals surface area contributed by atoms with E-state index in [0.29, 0.717) is 49.1 Å². The maximum Gasteiger partial charge on any atom is 0.290 e. The molecule has 0 bridgehead atoms. The van der Waals surface area contributed by atoms with Gasteiger partial charge in [-0.1, -0.05) is 97.1 Å². The quantitative estimate of drug-likeness (QED) is 0.189. The summed E-state index contributed by atoms with van der Waals surface area (Å²) >= 11 is 0. The molecule has 4 aromatic carbocycles. The van der Waals surface area contributed by atoms with Gasteiger partial charge >= 0.3 is 0 Å². The highest BCUT2D eigenvalue weighted by molar-refractivity contribution is 5.98. The topological polar surface area (TPSA) is 74.4 Å². The molecule has 0 atom stereocenters. The number of hydrogen-bond donors (Lipinski definition) is 0. The summed E-state index contributed by atoms with van der Waals surface area (Å²) in [6.07, 6.45) is -0.0686. The van der Waals surface area contributed by atoms with Crippen molar-refractivity contribution in [2.24, 2.45) is 7.05 Å². The molecule has 0 unspecified atom stereocenters. The predicted octanol–water partition coefficient (Wildman–Crippen LogP) is 6.26. The van der Waals surface area contributed by atoms with Crippen molar-refractivity contribution < 1.29 is 9.47 Å². The van der Waals surface area contributed by atoms with E-state index < -0.39 is 5.54 Å². The molecule has 0 amide bonds. The number of ether oxygens (including phenoxy) is 2. The van der Waals surface area contributed by atoms with Crippen LogP contribution in [0.1, 0.15) is 30.5 Å². The first-order valence-electron chi connectivity index (χ1n) is 15.8. The van der Waals surface area contributed by atoms with Crippen molar-refractivity contribution in [3.63, 3.8) is 0 Å². The highest BCUT2D eigenvalue weighted by Gasteiger charge is 2.41. The molecule has 6 aromatic rings. The Morgan fingerprint density at radius 2 is 1.33 bits per heavy atom. The van der Waals surface area contributed by atoms with Crippen LogP contribution in [0.4, 0.5) is 5.69 Å². The van der Waals surface area contributed by atoms with E-state index >= 15 is 0 Å². The molecule has 1 saturated heterocycles. The van der Waals surface area contributed by atoms with Gasteiger partial charge in [-0.3, -0.25) is 4.79 Å². The number of hydrogen-bond acceptors (Lipinski definition) is 6. The van der Waals surface area contributed by atoms with Gasteiger partial charge in [-0.15, -0.1) is 0 Å². The lowest BCUT2D eigenvalue weighted by molar-refractivity contribution is 0.122. The normalized spacial score (nSPS) is 13.8. The smallest absolute Gasteiger partial charge is 0.290 e. The van der Waals surface area contributed by atoms with Crippen LogP contribution in [-0.2, 0) is 17.3 Å². The van der Waals surface area contributed by atoms with E-state index in [1.54, 1.807) is 7.05 Å². The minimum atomic E-state index is -0.857. The Labute approximate surface area is 268 Å². The Morgan fingerprint density at radius 3 is 1.87 bits per heavy atom. The summed E-state index contributed by atoms with van der Waals surface area (Å²) in [5, 5.41) is 11.1. The number of aromatic nitrogens is 4. The second-order valence-electron chi connectivity index (χ2n) is 11.8. The van der Waals surface area contributed by atoms with Gasteiger partial charge in [-0.2, -0.15) is 10.2 Å². The molecular formula is C38H37N5O3. The first-order valence-corrected chi connectivity index (χ1v) is 15.8. The number of nitrogens with zero attached hydrogens (tertiary/aromatic N) is 5. The number of rotatable bonds is 8. The molecule has 46 heavy (non-hydrogen) atoms. The van der Waals surface area contributed by atoms with Crippen molar-refractivity contribution in [3.05, 3.63) is 142 Å². The highest BCUT2D eigenvalue weighted by atomic mass is 16.5. The van der Waals surface area contributed by atoms with Gasteiger partial charge in [0.25, 0.3) is 5.56 Å². The maximum atomic E-state index is 13.4. The SMILES string of the molecule is CC(C)Oc1cccc2c1c(-c1cc(N3CCOCC3)c(=O)n(C)n1)nn2C(c1ccccc1)(c1ccccc1)c1ccccc1. The molecule has 0 spiro atoms. The van der Waals surface area contributed by atoms with Gasteiger partial charge in [0, 0.05) is 20.1 Å². The standard InChI is InChI=1S/C38H37N5O3/c1-27(2)46-34-21-13-20-32-35(34)36(31-26-33(37(44)41(3)39-31)42-22-24-45-25-23-42)40-43(32)38(28-14-7-4-8-15-28,29-16-9-5-10-17-29)30-18-11-6-12-19-30/h4-21,26-27H,22-25H2,1-3H3.